The molecule has 5 rings (SSSR count). The highest BCUT2D eigenvalue weighted by molar-refractivity contribution is 7.12. The fraction of sp³-hybridized carbons (Fsp3) is 0.0323. The predicted octanol–water partition coefficient (Wildman–Crippen LogP) is 5.53. The van der Waals surface area contributed by atoms with Crippen molar-refractivity contribution in [1.82, 2.24) is 0 Å². The first-order valence-corrected chi connectivity index (χ1v) is 13.2. The largest absolute Gasteiger partial charge is 0.159 e. The van der Waals surface area contributed by atoms with E-state index in [-0.39, 0.29) is 5.54 Å². The molecule has 5 aromatic rings. The second-order valence-corrected chi connectivity index (χ2v) is 12.1. The van der Waals surface area contributed by atoms with Gasteiger partial charge in [-0.25, -0.2) is 0 Å². The molecule has 0 aliphatic rings. The van der Waals surface area contributed by atoms with Crippen molar-refractivity contribution >= 4 is 23.6 Å². The monoisotopic (exact) mass is 426 g/mol. The molecule has 0 nitrogen and oxygen atoms in total. The fourth-order valence-electron chi connectivity index (χ4n) is 5.09. The van der Waals surface area contributed by atoms with Crippen LogP contribution in [0.25, 0.3) is 0 Å². The Morgan fingerprint density at radius 2 is 0.562 bits per heavy atom. The lowest BCUT2D eigenvalue weighted by molar-refractivity contribution is 1.10. The van der Waals surface area contributed by atoms with Gasteiger partial charge in [-0.05, 0) is 26.7 Å². The van der Waals surface area contributed by atoms with E-state index in [1.54, 1.807) is 0 Å². The smallest absolute Gasteiger partial charge is 0.0624 e. The van der Waals surface area contributed by atoms with Gasteiger partial charge in [-0.2, -0.15) is 0 Å². The van der Waals surface area contributed by atoms with Crippen LogP contribution in [0.4, 0.5) is 0 Å². The normalized spacial score (nSPS) is 11.4. The van der Waals surface area contributed by atoms with Crippen LogP contribution in [0.15, 0.2) is 152 Å². The van der Waals surface area contributed by atoms with Crippen LogP contribution in [-0.4, -0.2) is 8.07 Å². The van der Waals surface area contributed by atoms with E-state index in [4.69, 9.17) is 0 Å². The van der Waals surface area contributed by atoms with Gasteiger partial charge in [-0.1, -0.05) is 152 Å². The second-order valence-electron chi connectivity index (χ2n) is 8.16. The van der Waals surface area contributed by atoms with E-state index >= 15 is 0 Å². The number of rotatable bonds is 6. The van der Waals surface area contributed by atoms with E-state index in [9.17, 15) is 0 Å². The number of benzene rings is 5. The number of hydrogen-bond donors (Lipinski definition) is 0. The van der Waals surface area contributed by atoms with Crippen LogP contribution in [-0.2, 0) is 0 Å². The summed E-state index contributed by atoms with van der Waals surface area (Å²) in [4.78, 5) is 0. The molecule has 1 heteroatoms. The molecule has 0 radical (unpaired) electrons. The molecule has 0 saturated heterocycles. The summed E-state index contributed by atoms with van der Waals surface area (Å²) in [5.41, 5.74) is 2.96. The topological polar surface area (TPSA) is 0 Å². The maximum absolute atomic E-state index is 2.53. The third kappa shape index (κ3) is 3.61. The fourth-order valence-corrected chi connectivity index (χ4v) is 10.6. The highest BCUT2D eigenvalue weighted by Gasteiger charge is 2.47. The molecular formula is C31H26Si. The Kier molecular flexibility index (Phi) is 5.82. The SMILES string of the molecule is c1ccc(C(c2ccccc2)[Si](c2ccccc2)(c2ccccc2)c2ccccc2)cc1. The number of hydrogen-bond acceptors (Lipinski definition) is 0. The average Bonchev–Trinajstić information content (AvgIpc) is 2.90. The van der Waals surface area contributed by atoms with Crippen LogP contribution in [0.5, 0.6) is 0 Å². The van der Waals surface area contributed by atoms with Gasteiger partial charge < -0.3 is 0 Å². The van der Waals surface area contributed by atoms with Gasteiger partial charge in [-0.3, -0.25) is 0 Å². The van der Waals surface area contributed by atoms with Crippen molar-refractivity contribution in [2.75, 3.05) is 0 Å². The maximum Gasteiger partial charge on any atom is 0.159 e. The molecule has 0 bridgehead atoms. The minimum atomic E-state index is -2.53. The summed E-state index contributed by atoms with van der Waals surface area (Å²) in [6, 6.07) is 55.7. The molecule has 0 heterocycles. The summed E-state index contributed by atoms with van der Waals surface area (Å²) >= 11 is 0. The van der Waals surface area contributed by atoms with Gasteiger partial charge in [0.2, 0.25) is 0 Å². The molecule has 0 aliphatic carbocycles. The average molecular weight is 427 g/mol. The Balaban J connectivity index is 1.94. The molecule has 0 N–H and O–H groups in total. The van der Waals surface area contributed by atoms with Crippen molar-refractivity contribution in [2.24, 2.45) is 0 Å². The summed E-state index contributed by atoms with van der Waals surface area (Å²) in [6.45, 7) is 0. The van der Waals surface area contributed by atoms with Gasteiger partial charge in [0.15, 0.2) is 8.07 Å². The molecule has 0 saturated carbocycles. The highest BCUT2D eigenvalue weighted by Crippen LogP contribution is 2.34. The van der Waals surface area contributed by atoms with E-state index in [1.807, 2.05) is 0 Å². The summed E-state index contributed by atoms with van der Waals surface area (Å²) in [6.07, 6.45) is 0. The maximum atomic E-state index is 2.34. The van der Waals surface area contributed by atoms with Crippen LogP contribution in [0, 0.1) is 0 Å². The lowest BCUT2D eigenvalue weighted by atomic mass is 10.0. The summed E-state index contributed by atoms with van der Waals surface area (Å²) in [5.74, 6) is 0. The van der Waals surface area contributed by atoms with E-state index < -0.39 is 8.07 Å². The van der Waals surface area contributed by atoms with Gasteiger partial charge in [0.05, 0.1) is 0 Å². The first kappa shape index (κ1) is 20.2. The van der Waals surface area contributed by atoms with Crippen molar-refractivity contribution in [2.45, 2.75) is 5.54 Å². The Morgan fingerprint density at radius 1 is 0.312 bits per heavy atom. The Morgan fingerprint density at radius 3 is 0.844 bits per heavy atom. The minimum absolute atomic E-state index is 0.233. The van der Waals surface area contributed by atoms with Crippen LogP contribution in [0.2, 0.25) is 0 Å². The second kappa shape index (κ2) is 9.21. The van der Waals surface area contributed by atoms with Crippen LogP contribution in [0.3, 0.4) is 0 Å². The molecule has 154 valence electrons. The zero-order valence-corrected chi connectivity index (χ0v) is 19.0. The molecule has 0 fully saturated rings. The summed E-state index contributed by atoms with van der Waals surface area (Å²) in [5, 5.41) is 4.28. The Labute approximate surface area is 191 Å². The zero-order chi connectivity index (χ0) is 21.6. The zero-order valence-electron chi connectivity index (χ0n) is 18.0. The van der Waals surface area contributed by atoms with Crippen molar-refractivity contribution < 1.29 is 0 Å². The van der Waals surface area contributed by atoms with Crippen LogP contribution in [0.1, 0.15) is 16.7 Å². The van der Waals surface area contributed by atoms with Gasteiger partial charge in [0.1, 0.15) is 0 Å². The molecule has 0 aromatic heterocycles. The Hall–Kier alpha value is -3.68. The molecular weight excluding hydrogens is 400 g/mol. The van der Waals surface area contributed by atoms with E-state index in [0.29, 0.717) is 0 Å². The molecule has 0 spiro atoms. The van der Waals surface area contributed by atoms with E-state index in [2.05, 4.69) is 152 Å². The van der Waals surface area contributed by atoms with Gasteiger partial charge in [0.25, 0.3) is 0 Å². The van der Waals surface area contributed by atoms with Gasteiger partial charge in [0, 0.05) is 5.54 Å². The molecule has 0 amide bonds. The first-order chi connectivity index (χ1) is 15.9. The Bertz CT molecular complexity index is 1100. The van der Waals surface area contributed by atoms with Gasteiger partial charge >= 0.3 is 0 Å². The van der Waals surface area contributed by atoms with E-state index in [1.165, 1.54) is 26.7 Å². The van der Waals surface area contributed by atoms with Crippen molar-refractivity contribution in [3.8, 4) is 0 Å². The quantitative estimate of drug-likeness (QED) is 0.247. The molecule has 0 atom stereocenters. The first-order valence-electron chi connectivity index (χ1n) is 11.2. The van der Waals surface area contributed by atoms with Crippen molar-refractivity contribution in [1.29, 1.82) is 0 Å². The summed E-state index contributed by atoms with van der Waals surface area (Å²) in [7, 11) is -2.53. The lowest BCUT2D eigenvalue weighted by Gasteiger charge is -2.41. The summed E-state index contributed by atoms with van der Waals surface area (Å²) < 4.78 is 0. The minimum Gasteiger partial charge on any atom is -0.0624 e. The van der Waals surface area contributed by atoms with E-state index in [0.717, 1.165) is 0 Å². The van der Waals surface area contributed by atoms with Crippen molar-refractivity contribution in [3.63, 3.8) is 0 Å². The molecule has 32 heavy (non-hydrogen) atoms. The molecule has 0 unspecified atom stereocenters. The third-order valence-electron chi connectivity index (χ3n) is 6.39. The van der Waals surface area contributed by atoms with Crippen LogP contribution >= 0.6 is 0 Å². The predicted molar refractivity (Wildman–Crippen MR) is 139 cm³/mol. The third-order valence-corrected chi connectivity index (χ3v) is 11.7. The highest BCUT2D eigenvalue weighted by atomic mass is 28.3. The standard InChI is InChI=1S/C31H26Si/c1-6-16-26(17-7-1)31(27-18-8-2-9-19-27)32(28-20-10-3-11-21-28,29-22-12-4-13-23-29)30-24-14-5-15-25-30/h1-25,31H. The van der Waals surface area contributed by atoms with Crippen LogP contribution < -0.4 is 15.6 Å². The lowest BCUT2D eigenvalue weighted by Crippen LogP contribution is -2.71. The van der Waals surface area contributed by atoms with Crippen molar-refractivity contribution in [3.05, 3.63) is 163 Å². The molecule has 0 aliphatic heterocycles. The molecule has 5 aromatic carbocycles. The van der Waals surface area contributed by atoms with Gasteiger partial charge in [-0.15, -0.1) is 0 Å².